The highest BCUT2D eigenvalue weighted by molar-refractivity contribution is 9.11. The van der Waals surface area contributed by atoms with Gasteiger partial charge in [0.25, 0.3) is 0 Å². The summed E-state index contributed by atoms with van der Waals surface area (Å²) < 4.78 is 19.0. The Kier molecular flexibility index (Phi) is 10.1. The Morgan fingerprint density at radius 2 is 1.22 bits per heavy atom. The van der Waals surface area contributed by atoms with Gasteiger partial charge in [0.1, 0.15) is 0 Å². The molecule has 0 bridgehead atoms. The monoisotopic (exact) mass is 738 g/mol. The fourth-order valence-corrected chi connectivity index (χ4v) is 9.24. The lowest BCUT2D eigenvalue weighted by atomic mass is 9.74. The van der Waals surface area contributed by atoms with E-state index in [1.807, 2.05) is 72.4 Å². The molecule has 0 spiro atoms. The second-order valence-corrected chi connectivity index (χ2v) is 16.3. The van der Waals surface area contributed by atoms with Crippen LogP contribution in [0.5, 0.6) is 0 Å². The van der Waals surface area contributed by atoms with Gasteiger partial charge in [0.15, 0.2) is 0 Å². The first kappa shape index (κ1) is 33.2. The van der Waals surface area contributed by atoms with Crippen molar-refractivity contribution >= 4 is 46.7 Å². The molecule has 0 heterocycles. The van der Waals surface area contributed by atoms with Gasteiger partial charge >= 0.3 is 8.80 Å². The molecule has 228 valence electrons. The molecule has 5 rings (SSSR count). The largest absolute Gasteiger partial charge is 0.528 e. The molecule has 1 aliphatic carbocycles. The van der Waals surface area contributed by atoms with Crippen molar-refractivity contribution in [3.05, 3.63) is 144 Å². The molecule has 1 unspecified atom stereocenters. The zero-order valence-corrected chi connectivity index (χ0v) is 30.6. The highest BCUT2D eigenvalue weighted by Crippen LogP contribution is 2.57. The summed E-state index contributed by atoms with van der Waals surface area (Å²) in [6, 6.07) is 28.9. The van der Waals surface area contributed by atoms with Crippen LogP contribution in [0.4, 0.5) is 0 Å². The lowest BCUT2D eigenvalue weighted by molar-refractivity contribution is 0.139. The van der Waals surface area contributed by atoms with Gasteiger partial charge in [-0.15, -0.1) is 0 Å². The average Bonchev–Trinajstić information content (AvgIpc) is 3.27. The molecule has 45 heavy (non-hydrogen) atoms. The molecule has 1 atom stereocenters. The van der Waals surface area contributed by atoms with Crippen LogP contribution in [0.25, 0.3) is 6.08 Å². The molecular formula is C39H36Br2O3Si. The summed E-state index contributed by atoms with van der Waals surface area (Å²) in [7, 11) is 1.88. The lowest BCUT2D eigenvalue weighted by Crippen LogP contribution is -2.40. The van der Waals surface area contributed by atoms with Gasteiger partial charge < -0.3 is 13.3 Å². The quantitative estimate of drug-likeness (QED) is 0.146. The zero-order valence-electron chi connectivity index (χ0n) is 26.4. The Balaban J connectivity index is 1.71. The molecular weight excluding hydrogens is 704 g/mol. The van der Waals surface area contributed by atoms with Gasteiger partial charge in [-0.2, -0.15) is 0 Å². The first-order valence-corrected chi connectivity index (χ1v) is 18.1. The number of halogens is 2. The molecule has 0 aliphatic heterocycles. The summed E-state index contributed by atoms with van der Waals surface area (Å²) in [5.74, 6) is 13.6. The highest BCUT2D eigenvalue weighted by Gasteiger charge is 2.48. The minimum absolute atomic E-state index is 0.0661. The number of hydrogen-bond acceptors (Lipinski definition) is 3. The molecule has 0 N–H and O–H groups in total. The number of benzene rings is 4. The van der Waals surface area contributed by atoms with E-state index in [1.54, 1.807) is 21.3 Å². The first-order chi connectivity index (χ1) is 21.6. The molecule has 0 radical (unpaired) electrons. The zero-order chi connectivity index (χ0) is 32.2. The van der Waals surface area contributed by atoms with Gasteiger partial charge in [0.2, 0.25) is 0 Å². The van der Waals surface area contributed by atoms with Crippen molar-refractivity contribution in [2.75, 3.05) is 21.3 Å². The molecule has 0 saturated heterocycles. The van der Waals surface area contributed by atoms with E-state index in [0.29, 0.717) is 0 Å². The van der Waals surface area contributed by atoms with Crippen molar-refractivity contribution in [3.63, 3.8) is 0 Å². The van der Waals surface area contributed by atoms with Crippen molar-refractivity contribution in [2.45, 2.75) is 38.0 Å². The molecule has 0 aromatic heterocycles. The van der Waals surface area contributed by atoms with Crippen molar-refractivity contribution < 1.29 is 13.3 Å². The topological polar surface area (TPSA) is 27.7 Å². The van der Waals surface area contributed by atoms with Gasteiger partial charge in [-0.25, -0.2) is 0 Å². The summed E-state index contributed by atoms with van der Waals surface area (Å²) in [6.45, 7) is 6.98. The van der Waals surface area contributed by atoms with E-state index >= 15 is 0 Å². The van der Waals surface area contributed by atoms with Crippen LogP contribution in [0.3, 0.4) is 0 Å². The first-order valence-electron chi connectivity index (χ1n) is 14.7. The SMILES string of the molecule is CO[Si](C=Cc1cc(C#Cc2ccccc2)c(Br)c(C2(C)CC(C)(C)c3ccc(C#Cc4ccccc4)c(Br)c32)c1)(OC)OC. The summed E-state index contributed by atoms with van der Waals surface area (Å²) in [5.41, 5.74) is 10.0. The van der Waals surface area contributed by atoms with Gasteiger partial charge in [0, 0.05) is 57.9 Å². The van der Waals surface area contributed by atoms with Crippen molar-refractivity contribution in [2.24, 2.45) is 0 Å². The molecule has 6 heteroatoms. The van der Waals surface area contributed by atoms with Crippen molar-refractivity contribution in [1.29, 1.82) is 0 Å². The molecule has 4 aromatic rings. The average molecular weight is 741 g/mol. The van der Waals surface area contributed by atoms with Crippen LogP contribution in [-0.2, 0) is 24.1 Å². The van der Waals surface area contributed by atoms with Crippen LogP contribution in [-0.4, -0.2) is 30.1 Å². The smallest absolute Gasteiger partial charge is 0.374 e. The highest BCUT2D eigenvalue weighted by atomic mass is 79.9. The van der Waals surface area contributed by atoms with Crippen molar-refractivity contribution in [1.82, 2.24) is 0 Å². The van der Waals surface area contributed by atoms with E-state index < -0.39 is 8.80 Å². The maximum Gasteiger partial charge on any atom is 0.528 e. The van der Waals surface area contributed by atoms with Gasteiger partial charge in [-0.1, -0.05) is 93.0 Å². The number of rotatable bonds is 6. The molecule has 0 fully saturated rings. The molecule has 0 amide bonds. The Morgan fingerprint density at radius 1 is 0.667 bits per heavy atom. The third-order valence-electron chi connectivity index (χ3n) is 8.47. The van der Waals surface area contributed by atoms with Crippen LogP contribution in [0.1, 0.15) is 71.7 Å². The van der Waals surface area contributed by atoms with Gasteiger partial charge in [-0.3, -0.25) is 0 Å². The summed E-state index contributed by atoms with van der Waals surface area (Å²) in [4.78, 5) is 0. The lowest BCUT2D eigenvalue weighted by Gasteiger charge is -2.31. The third-order valence-corrected chi connectivity index (χ3v) is 12.4. The Bertz CT molecular complexity index is 1850. The van der Waals surface area contributed by atoms with E-state index in [-0.39, 0.29) is 10.8 Å². The second-order valence-electron chi connectivity index (χ2n) is 12.0. The predicted molar refractivity (Wildman–Crippen MR) is 193 cm³/mol. The Labute approximate surface area is 285 Å². The number of hydrogen-bond donors (Lipinski definition) is 0. The Hall–Kier alpha value is -3.20. The maximum atomic E-state index is 5.68. The van der Waals surface area contributed by atoms with Crippen LogP contribution in [0.15, 0.2) is 99.6 Å². The van der Waals surface area contributed by atoms with Crippen LogP contribution < -0.4 is 0 Å². The molecule has 3 nitrogen and oxygen atoms in total. The van der Waals surface area contributed by atoms with Crippen LogP contribution >= 0.6 is 31.9 Å². The standard InChI is InChI=1S/C39H36Br2O3Si/c1-38(2)27-39(3,35-33(38)22-21-31(37(35)41)19-17-28-13-9-7-10-14-28)34-26-30(23-24-45(42-4,43-5)44-6)25-32(36(34)40)20-18-29-15-11-8-12-16-29/h7-16,21-26H,27H2,1-6H3. The molecule has 0 saturated carbocycles. The van der Waals surface area contributed by atoms with Crippen LogP contribution in [0, 0.1) is 23.7 Å². The van der Waals surface area contributed by atoms with Gasteiger partial charge in [0.05, 0.1) is 0 Å². The second kappa shape index (κ2) is 13.7. The van der Waals surface area contributed by atoms with E-state index in [0.717, 1.165) is 48.7 Å². The van der Waals surface area contributed by atoms with E-state index in [1.165, 1.54) is 11.1 Å². The normalized spacial score (nSPS) is 16.9. The summed E-state index contributed by atoms with van der Waals surface area (Å²) >= 11 is 8.06. The summed E-state index contributed by atoms with van der Waals surface area (Å²) in [6.07, 6.45) is 2.93. The van der Waals surface area contributed by atoms with Crippen molar-refractivity contribution in [3.8, 4) is 23.7 Å². The molecule has 4 aromatic carbocycles. The predicted octanol–water partition coefficient (Wildman–Crippen LogP) is 9.43. The van der Waals surface area contributed by atoms with Gasteiger partial charge in [-0.05, 0) is 114 Å². The fraction of sp³-hybridized carbons (Fsp3) is 0.231. The van der Waals surface area contributed by atoms with Crippen LogP contribution in [0.2, 0.25) is 0 Å². The minimum atomic E-state index is -2.96. The summed E-state index contributed by atoms with van der Waals surface area (Å²) in [5, 5.41) is 0. The maximum absolute atomic E-state index is 5.68. The Morgan fingerprint density at radius 3 is 1.78 bits per heavy atom. The van der Waals surface area contributed by atoms with E-state index in [2.05, 4.69) is 101 Å². The van der Waals surface area contributed by atoms with E-state index in [9.17, 15) is 0 Å². The minimum Gasteiger partial charge on any atom is -0.374 e. The fourth-order valence-electron chi connectivity index (χ4n) is 6.28. The van der Waals surface area contributed by atoms with E-state index in [4.69, 9.17) is 13.3 Å². The molecule has 1 aliphatic rings. The number of fused-ring (bicyclic) bond motifs is 1. The third kappa shape index (κ3) is 6.83.